The highest BCUT2D eigenvalue weighted by Crippen LogP contribution is 2.16. The largest absolute Gasteiger partial charge is 0.368 e. The van der Waals surface area contributed by atoms with Gasteiger partial charge in [-0.15, -0.1) is 0 Å². The number of benzene rings is 1. The average Bonchev–Trinajstić information content (AvgIpc) is 3.01. The van der Waals surface area contributed by atoms with Crippen LogP contribution in [0.1, 0.15) is 36.5 Å². The van der Waals surface area contributed by atoms with Gasteiger partial charge in [-0.3, -0.25) is 9.59 Å². The molecule has 0 radical (unpaired) electrons. The van der Waals surface area contributed by atoms with E-state index in [1.807, 2.05) is 6.92 Å². The lowest BCUT2D eigenvalue weighted by Crippen LogP contribution is -2.29. The first-order chi connectivity index (χ1) is 10.6. The third-order valence-corrected chi connectivity index (χ3v) is 3.50. The molecule has 1 heterocycles. The van der Waals surface area contributed by atoms with Crippen molar-refractivity contribution >= 4 is 17.5 Å². The van der Waals surface area contributed by atoms with Gasteiger partial charge in [0.25, 0.3) is 11.8 Å². The van der Waals surface area contributed by atoms with Crippen LogP contribution >= 0.6 is 0 Å². The molecule has 6 nitrogen and oxygen atoms in total. The predicted octanol–water partition coefficient (Wildman–Crippen LogP) is 1.27. The lowest BCUT2D eigenvalue weighted by Gasteiger charge is -2.12. The molecule has 0 aliphatic carbocycles. The summed E-state index contributed by atoms with van der Waals surface area (Å²) in [5, 5.41) is 5.60. The lowest BCUT2D eigenvalue weighted by atomic mass is 10.1. The van der Waals surface area contributed by atoms with Crippen LogP contribution in [0, 0.1) is 0 Å². The molecule has 1 aliphatic rings. The highest BCUT2D eigenvalue weighted by atomic mass is 16.5. The molecule has 1 aromatic rings. The number of nitrogens with two attached hydrogens (primary N) is 1. The van der Waals surface area contributed by atoms with Gasteiger partial charge in [-0.1, -0.05) is 6.07 Å². The van der Waals surface area contributed by atoms with Gasteiger partial charge in [-0.25, -0.2) is 0 Å². The molecule has 1 fully saturated rings. The fraction of sp³-hybridized carbons (Fsp3) is 0.500. The zero-order valence-corrected chi connectivity index (χ0v) is 12.8. The van der Waals surface area contributed by atoms with E-state index in [9.17, 15) is 9.59 Å². The van der Waals surface area contributed by atoms with Gasteiger partial charge in [-0.2, -0.15) is 0 Å². The van der Waals surface area contributed by atoms with E-state index in [1.165, 1.54) is 0 Å². The molecule has 2 rings (SSSR count). The number of carbonyl (C=O) groups excluding carboxylic acids is 2. The Bertz CT molecular complexity index is 525. The SMILES string of the molecule is CC(N)CCNC(=O)c1cccc(NC(=O)C2CCCO2)c1. The lowest BCUT2D eigenvalue weighted by molar-refractivity contribution is -0.124. The van der Waals surface area contributed by atoms with Gasteiger partial charge in [0.2, 0.25) is 0 Å². The second kappa shape index (κ2) is 7.91. The molecule has 1 saturated heterocycles. The van der Waals surface area contributed by atoms with E-state index in [0.717, 1.165) is 19.3 Å². The van der Waals surface area contributed by atoms with Gasteiger partial charge in [0, 0.05) is 30.4 Å². The highest BCUT2D eigenvalue weighted by Gasteiger charge is 2.23. The Labute approximate surface area is 130 Å². The molecule has 4 N–H and O–H groups in total. The quantitative estimate of drug-likeness (QED) is 0.738. The zero-order valence-electron chi connectivity index (χ0n) is 12.8. The van der Waals surface area contributed by atoms with Crippen LogP contribution in [0.4, 0.5) is 5.69 Å². The van der Waals surface area contributed by atoms with Crippen molar-refractivity contribution < 1.29 is 14.3 Å². The summed E-state index contributed by atoms with van der Waals surface area (Å²) in [6.07, 6.45) is 1.98. The Morgan fingerprint density at radius 1 is 1.45 bits per heavy atom. The fourth-order valence-corrected chi connectivity index (χ4v) is 2.26. The molecule has 2 amide bonds. The van der Waals surface area contributed by atoms with E-state index in [4.69, 9.17) is 10.5 Å². The maximum atomic E-state index is 12.0. The van der Waals surface area contributed by atoms with Crippen molar-refractivity contribution in [1.82, 2.24) is 5.32 Å². The molecule has 0 bridgehead atoms. The molecule has 1 aromatic carbocycles. The number of carbonyl (C=O) groups is 2. The van der Waals surface area contributed by atoms with Crippen molar-refractivity contribution in [2.45, 2.75) is 38.3 Å². The smallest absolute Gasteiger partial charge is 0.253 e. The first kappa shape index (κ1) is 16.5. The van der Waals surface area contributed by atoms with Crippen LogP contribution in [-0.4, -0.2) is 37.1 Å². The summed E-state index contributed by atoms with van der Waals surface area (Å²) in [6.45, 7) is 3.05. The molecular formula is C16H23N3O3. The van der Waals surface area contributed by atoms with Gasteiger partial charge in [0.05, 0.1) is 0 Å². The third-order valence-electron chi connectivity index (χ3n) is 3.50. The molecule has 2 unspecified atom stereocenters. The summed E-state index contributed by atoms with van der Waals surface area (Å²) in [7, 11) is 0. The standard InChI is InChI=1S/C16H23N3O3/c1-11(17)7-8-18-15(20)12-4-2-5-13(10-12)19-16(21)14-6-3-9-22-14/h2,4-5,10-11,14H,3,6-9,17H2,1H3,(H,18,20)(H,19,21). The fourth-order valence-electron chi connectivity index (χ4n) is 2.26. The Kier molecular flexibility index (Phi) is 5.91. The van der Waals surface area contributed by atoms with Crippen LogP contribution in [0.2, 0.25) is 0 Å². The zero-order chi connectivity index (χ0) is 15.9. The van der Waals surface area contributed by atoms with Crippen LogP contribution in [0.3, 0.4) is 0 Å². The Morgan fingerprint density at radius 2 is 2.27 bits per heavy atom. The number of rotatable bonds is 6. The molecule has 0 saturated carbocycles. The van der Waals surface area contributed by atoms with Crippen molar-refractivity contribution in [2.75, 3.05) is 18.5 Å². The minimum absolute atomic E-state index is 0.0531. The van der Waals surface area contributed by atoms with Crippen molar-refractivity contribution in [3.63, 3.8) is 0 Å². The Balaban J connectivity index is 1.91. The van der Waals surface area contributed by atoms with Crippen LogP contribution in [0.15, 0.2) is 24.3 Å². The molecule has 0 aromatic heterocycles. The van der Waals surface area contributed by atoms with E-state index >= 15 is 0 Å². The molecule has 6 heteroatoms. The van der Waals surface area contributed by atoms with Crippen LogP contribution in [0.5, 0.6) is 0 Å². The van der Waals surface area contributed by atoms with Crippen molar-refractivity contribution in [2.24, 2.45) is 5.73 Å². The highest BCUT2D eigenvalue weighted by molar-refractivity contribution is 5.98. The first-order valence-corrected chi connectivity index (χ1v) is 7.62. The van der Waals surface area contributed by atoms with E-state index < -0.39 is 0 Å². The van der Waals surface area contributed by atoms with E-state index in [2.05, 4.69) is 10.6 Å². The summed E-state index contributed by atoms with van der Waals surface area (Å²) in [5.41, 5.74) is 6.75. The van der Waals surface area contributed by atoms with Gasteiger partial charge >= 0.3 is 0 Å². The number of nitrogens with one attached hydrogen (secondary N) is 2. The van der Waals surface area contributed by atoms with E-state index in [-0.39, 0.29) is 24.0 Å². The van der Waals surface area contributed by atoms with Gasteiger partial charge in [0.1, 0.15) is 6.10 Å². The molecular weight excluding hydrogens is 282 g/mol. The van der Waals surface area contributed by atoms with E-state index in [1.54, 1.807) is 24.3 Å². The van der Waals surface area contributed by atoms with E-state index in [0.29, 0.717) is 24.4 Å². The van der Waals surface area contributed by atoms with Crippen molar-refractivity contribution in [1.29, 1.82) is 0 Å². The predicted molar refractivity (Wildman–Crippen MR) is 84.6 cm³/mol. The van der Waals surface area contributed by atoms with Crippen molar-refractivity contribution in [3.05, 3.63) is 29.8 Å². The third kappa shape index (κ3) is 4.82. The second-order valence-corrected chi connectivity index (χ2v) is 5.59. The Morgan fingerprint density at radius 3 is 2.95 bits per heavy atom. The maximum Gasteiger partial charge on any atom is 0.253 e. The second-order valence-electron chi connectivity index (χ2n) is 5.59. The van der Waals surface area contributed by atoms with Gasteiger partial charge < -0.3 is 21.1 Å². The summed E-state index contributed by atoms with van der Waals surface area (Å²) in [4.78, 5) is 24.0. The number of amides is 2. The topological polar surface area (TPSA) is 93.5 Å². The molecule has 120 valence electrons. The normalized spacial score (nSPS) is 18.7. The monoisotopic (exact) mass is 305 g/mol. The van der Waals surface area contributed by atoms with Gasteiger partial charge in [0.15, 0.2) is 0 Å². The number of ether oxygens (including phenoxy) is 1. The number of hydrogen-bond donors (Lipinski definition) is 3. The van der Waals surface area contributed by atoms with Crippen LogP contribution < -0.4 is 16.4 Å². The van der Waals surface area contributed by atoms with Crippen LogP contribution in [-0.2, 0) is 9.53 Å². The minimum atomic E-state index is -0.386. The summed E-state index contributed by atoms with van der Waals surface area (Å²) >= 11 is 0. The molecule has 0 spiro atoms. The summed E-state index contributed by atoms with van der Waals surface area (Å²) in [5.74, 6) is -0.333. The molecule has 1 aliphatic heterocycles. The summed E-state index contributed by atoms with van der Waals surface area (Å²) in [6, 6.07) is 6.92. The summed E-state index contributed by atoms with van der Waals surface area (Å²) < 4.78 is 5.34. The number of anilines is 1. The number of hydrogen-bond acceptors (Lipinski definition) is 4. The minimum Gasteiger partial charge on any atom is -0.368 e. The average molecular weight is 305 g/mol. The molecule has 2 atom stereocenters. The molecule has 22 heavy (non-hydrogen) atoms. The van der Waals surface area contributed by atoms with Gasteiger partial charge in [-0.05, 0) is 44.4 Å². The maximum absolute atomic E-state index is 12.0. The van der Waals surface area contributed by atoms with Crippen LogP contribution in [0.25, 0.3) is 0 Å². The Hall–Kier alpha value is -1.92. The first-order valence-electron chi connectivity index (χ1n) is 7.62. The van der Waals surface area contributed by atoms with Crippen molar-refractivity contribution in [3.8, 4) is 0 Å².